The molecule has 1 aliphatic heterocycles. The number of halogens is 1. The van der Waals surface area contributed by atoms with Crippen molar-refractivity contribution in [3.8, 4) is 0 Å². The van der Waals surface area contributed by atoms with E-state index in [2.05, 4.69) is 11.0 Å². The fraction of sp³-hybridized carbons (Fsp3) is 0.533. The number of ether oxygens (including phenoxy) is 1. The van der Waals surface area contributed by atoms with Gasteiger partial charge in [0.1, 0.15) is 0 Å². The summed E-state index contributed by atoms with van der Waals surface area (Å²) < 4.78 is 5.58. The van der Waals surface area contributed by atoms with E-state index in [9.17, 15) is 4.79 Å². The molecule has 1 aliphatic rings. The number of rotatable bonds is 6. The number of carboxylic acids is 1. The Kier molecular flexibility index (Phi) is 5.83. The van der Waals surface area contributed by atoms with Crippen LogP contribution in [-0.2, 0) is 16.1 Å². The minimum atomic E-state index is -0.804. The summed E-state index contributed by atoms with van der Waals surface area (Å²) in [6.45, 7) is 3.10. The summed E-state index contributed by atoms with van der Waals surface area (Å²) in [6, 6.07) is 7.91. The van der Waals surface area contributed by atoms with Crippen LogP contribution < -0.4 is 0 Å². The largest absolute Gasteiger partial charge is 0.481 e. The van der Waals surface area contributed by atoms with Crippen LogP contribution >= 0.6 is 11.6 Å². The predicted molar refractivity (Wildman–Crippen MR) is 78.0 cm³/mol. The van der Waals surface area contributed by atoms with Gasteiger partial charge in [-0.1, -0.05) is 29.8 Å². The van der Waals surface area contributed by atoms with E-state index in [-0.39, 0.29) is 12.5 Å². The first-order valence-electron chi connectivity index (χ1n) is 6.94. The summed E-state index contributed by atoms with van der Waals surface area (Å²) >= 11 is 6.16. The zero-order valence-electron chi connectivity index (χ0n) is 11.4. The van der Waals surface area contributed by atoms with Crippen LogP contribution in [0.5, 0.6) is 0 Å². The van der Waals surface area contributed by atoms with Gasteiger partial charge in [0.2, 0.25) is 0 Å². The Morgan fingerprint density at radius 1 is 1.35 bits per heavy atom. The van der Waals surface area contributed by atoms with Crippen LogP contribution in [0.1, 0.15) is 24.8 Å². The predicted octanol–water partition coefficient (Wildman–Crippen LogP) is 2.80. The average Bonchev–Trinajstić information content (AvgIpc) is 2.43. The topological polar surface area (TPSA) is 49.8 Å². The van der Waals surface area contributed by atoms with Crippen molar-refractivity contribution in [2.45, 2.75) is 31.9 Å². The molecule has 0 bridgehead atoms. The highest BCUT2D eigenvalue weighted by Gasteiger charge is 2.20. The number of likely N-dealkylation sites (tertiary alicyclic amines) is 1. The zero-order chi connectivity index (χ0) is 14.4. The van der Waals surface area contributed by atoms with Crippen LogP contribution in [-0.4, -0.2) is 41.8 Å². The normalized spacial score (nSPS) is 17.2. The first kappa shape index (κ1) is 15.3. The maximum absolute atomic E-state index is 10.4. The molecule has 0 aliphatic carbocycles. The van der Waals surface area contributed by atoms with Gasteiger partial charge < -0.3 is 9.84 Å². The van der Waals surface area contributed by atoms with Crippen LogP contribution in [0.3, 0.4) is 0 Å². The molecule has 0 spiro atoms. The molecule has 1 heterocycles. The summed E-state index contributed by atoms with van der Waals surface area (Å²) in [5.74, 6) is -0.804. The molecule has 110 valence electrons. The lowest BCUT2D eigenvalue weighted by Gasteiger charge is -2.32. The van der Waals surface area contributed by atoms with E-state index < -0.39 is 5.97 Å². The molecule has 1 N–H and O–H groups in total. The monoisotopic (exact) mass is 297 g/mol. The molecule has 1 aromatic rings. The number of carbonyl (C=O) groups is 1. The fourth-order valence-corrected chi connectivity index (χ4v) is 2.61. The number of piperidine rings is 1. The first-order chi connectivity index (χ1) is 9.65. The molecular weight excluding hydrogens is 278 g/mol. The van der Waals surface area contributed by atoms with Crippen LogP contribution in [0, 0.1) is 0 Å². The van der Waals surface area contributed by atoms with Crippen molar-refractivity contribution in [3.05, 3.63) is 34.9 Å². The summed E-state index contributed by atoms with van der Waals surface area (Å²) in [6.07, 6.45) is 2.17. The van der Waals surface area contributed by atoms with Crippen molar-refractivity contribution in [1.29, 1.82) is 0 Å². The molecule has 20 heavy (non-hydrogen) atoms. The number of carboxylic acid groups (broad SMARTS) is 1. The number of hydrogen-bond donors (Lipinski definition) is 1. The molecule has 4 nitrogen and oxygen atoms in total. The molecule has 1 aromatic carbocycles. The van der Waals surface area contributed by atoms with Gasteiger partial charge in [-0.25, -0.2) is 0 Å². The lowest BCUT2D eigenvalue weighted by molar-refractivity contribution is -0.138. The molecule has 1 saturated heterocycles. The van der Waals surface area contributed by atoms with Crippen LogP contribution in [0.2, 0.25) is 5.02 Å². The molecule has 0 atom stereocenters. The Balaban J connectivity index is 1.72. The van der Waals surface area contributed by atoms with Gasteiger partial charge >= 0.3 is 5.97 Å². The number of benzene rings is 1. The van der Waals surface area contributed by atoms with Crippen LogP contribution in [0.15, 0.2) is 24.3 Å². The van der Waals surface area contributed by atoms with E-state index in [4.69, 9.17) is 21.4 Å². The van der Waals surface area contributed by atoms with Gasteiger partial charge in [0.05, 0.1) is 19.1 Å². The molecule has 0 amide bonds. The molecule has 5 heteroatoms. The SMILES string of the molecule is O=C(O)CCOC1CCN(Cc2ccccc2Cl)CC1. The van der Waals surface area contributed by atoms with Crippen molar-refractivity contribution < 1.29 is 14.6 Å². The number of nitrogens with zero attached hydrogens (tertiary/aromatic N) is 1. The van der Waals surface area contributed by atoms with Gasteiger partial charge in [-0.3, -0.25) is 9.69 Å². The second kappa shape index (κ2) is 7.62. The standard InChI is InChI=1S/C15H20ClNO3/c16-14-4-2-1-3-12(14)11-17-8-5-13(6-9-17)20-10-7-15(18)19/h1-4,13H,5-11H2,(H,18,19). The lowest BCUT2D eigenvalue weighted by atomic mass is 10.1. The fourth-order valence-electron chi connectivity index (χ4n) is 2.41. The van der Waals surface area contributed by atoms with Gasteiger partial charge in [0, 0.05) is 24.7 Å². The highest BCUT2D eigenvalue weighted by atomic mass is 35.5. The summed E-state index contributed by atoms with van der Waals surface area (Å²) in [5.41, 5.74) is 1.15. The zero-order valence-corrected chi connectivity index (χ0v) is 12.2. The Hall–Kier alpha value is -1.10. The van der Waals surface area contributed by atoms with E-state index in [1.54, 1.807) is 0 Å². The molecule has 2 rings (SSSR count). The van der Waals surface area contributed by atoms with Gasteiger partial charge in [-0.2, -0.15) is 0 Å². The Labute approximate surface area is 124 Å². The van der Waals surface area contributed by atoms with Crippen molar-refractivity contribution in [3.63, 3.8) is 0 Å². The highest BCUT2D eigenvalue weighted by molar-refractivity contribution is 6.31. The van der Waals surface area contributed by atoms with Crippen LogP contribution in [0.25, 0.3) is 0 Å². The third-order valence-electron chi connectivity index (χ3n) is 3.56. The molecule has 0 radical (unpaired) electrons. The van der Waals surface area contributed by atoms with Crippen LogP contribution in [0.4, 0.5) is 0 Å². The average molecular weight is 298 g/mol. The van der Waals surface area contributed by atoms with Crippen molar-refractivity contribution in [2.75, 3.05) is 19.7 Å². The lowest BCUT2D eigenvalue weighted by Crippen LogP contribution is -2.36. The van der Waals surface area contributed by atoms with Gasteiger partial charge in [0.15, 0.2) is 0 Å². The quantitative estimate of drug-likeness (QED) is 0.877. The van der Waals surface area contributed by atoms with Crippen molar-refractivity contribution in [2.24, 2.45) is 0 Å². The molecular formula is C15H20ClNO3. The van der Waals surface area contributed by atoms with Gasteiger partial charge in [-0.05, 0) is 24.5 Å². The van der Waals surface area contributed by atoms with Crippen molar-refractivity contribution >= 4 is 17.6 Å². The highest BCUT2D eigenvalue weighted by Crippen LogP contribution is 2.20. The second-order valence-corrected chi connectivity index (χ2v) is 5.49. The van der Waals surface area contributed by atoms with Crippen molar-refractivity contribution in [1.82, 2.24) is 4.90 Å². The second-order valence-electron chi connectivity index (χ2n) is 5.08. The van der Waals surface area contributed by atoms with E-state index >= 15 is 0 Å². The first-order valence-corrected chi connectivity index (χ1v) is 7.32. The maximum atomic E-state index is 10.4. The van der Waals surface area contributed by atoms with E-state index in [1.807, 2.05) is 18.2 Å². The van der Waals surface area contributed by atoms with Gasteiger partial charge in [0.25, 0.3) is 0 Å². The summed E-state index contributed by atoms with van der Waals surface area (Å²) in [7, 11) is 0. The van der Waals surface area contributed by atoms with E-state index in [1.165, 1.54) is 0 Å². The number of hydrogen-bond acceptors (Lipinski definition) is 3. The van der Waals surface area contributed by atoms with E-state index in [0.29, 0.717) is 6.61 Å². The Bertz CT molecular complexity index is 444. The molecule has 0 aromatic heterocycles. The van der Waals surface area contributed by atoms with Gasteiger partial charge in [-0.15, -0.1) is 0 Å². The molecule has 0 unspecified atom stereocenters. The minimum absolute atomic E-state index is 0.0832. The molecule has 0 saturated carbocycles. The Morgan fingerprint density at radius 3 is 2.70 bits per heavy atom. The third kappa shape index (κ3) is 4.78. The minimum Gasteiger partial charge on any atom is -0.481 e. The summed E-state index contributed by atoms with van der Waals surface area (Å²) in [5, 5.41) is 9.39. The molecule has 1 fully saturated rings. The third-order valence-corrected chi connectivity index (χ3v) is 3.92. The number of aliphatic carboxylic acids is 1. The maximum Gasteiger partial charge on any atom is 0.305 e. The smallest absolute Gasteiger partial charge is 0.305 e. The summed E-state index contributed by atoms with van der Waals surface area (Å²) in [4.78, 5) is 12.8. The van der Waals surface area contributed by atoms with E-state index in [0.717, 1.165) is 43.1 Å². The Morgan fingerprint density at radius 2 is 2.05 bits per heavy atom.